The van der Waals surface area contributed by atoms with E-state index in [1.165, 1.54) is 0 Å². The standard InChI is InChI=1S/C13H21F3N6O3S/c1-9-20-11(21-25-9)8-19-12(17-2)18-7-10-3-5-22(6-4-10)26(23,24)13(14,15)16/h10H,3-8H2,1-2H3,(H2,17,18,19). The molecule has 0 radical (unpaired) electrons. The van der Waals surface area contributed by atoms with Gasteiger partial charge in [0.05, 0.1) is 6.54 Å². The Balaban J connectivity index is 1.76. The van der Waals surface area contributed by atoms with E-state index in [1.807, 2.05) is 0 Å². The van der Waals surface area contributed by atoms with Crippen molar-refractivity contribution >= 4 is 16.0 Å². The van der Waals surface area contributed by atoms with Crippen LogP contribution in [0, 0.1) is 12.8 Å². The minimum Gasteiger partial charge on any atom is -0.356 e. The van der Waals surface area contributed by atoms with Crippen LogP contribution in [0.1, 0.15) is 24.6 Å². The van der Waals surface area contributed by atoms with E-state index in [0.717, 1.165) is 0 Å². The van der Waals surface area contributed by atoms with E-state index in [2.05, 4.69) is 25.8 Å². The molecule has 2 N–H and O–H groups in total. The van der Waals surface area contributed by atoms with Gasteiger partial charge in [0.25, 0.3) is 0 Å². The van der Waals surface area contributed by atoms with Gasteiger partial charge in [-0.3, -0.25) is 4.99 Å². The third kappa shape index (κ3) is 5.06. The Morgan fingerprint density at radius 3 is 2.50 bits per heavy atom. The minimum atomic E-state index is -5.25. The molecule has 1 aromatic heterocycles. The van der Waals surface area contributed by atoms with Crippen molar-refractivity contribution in [1.82, 2.24) is 25.1 Å². The molecule has 2 heterocycles. The highest BCUT2D eigenvalue weighted by Crippen LogP contribution is 2.30. The summed E-state index contributed by atoms with van der Waals surface area (Å²) in [7, 11) is -3.66. The zero-order chi connectivity index (χ0) is 19.4. The molecule has 0 saturated carbocycles. The fraction of sp³-hybridized carbons (Fsp3) is 0.769. The van der Waals surface area contributed by atoms with E-state index in [0.29, 0.717) is 47.9 Å². The molecule has 1 aliphatic heterocycles. The molecular weight excluding hydrogens is 377 g/mol. The fourth-order valence-electron chi connectivity index (χ4n) is 2.54. The second kappa shape index (κ2) is 8.20. The molecule has 0 amide bonds. The van der Waals surface area contributed by atoms with Crippen LogP contribution in [-0.4, -0.2) is 61.0 Å². The predicted molar refractivity (Wildman–Crippen MR) is 86.5 cm³/mol. The highest BCUT2D eigenvalue weighted by molar-refractivity contribution is 7.90. The Kier molecular flexibility index (Phi) is 6.44. The first-order valence-electron chi connectivity index (χ1n) is 7.93. The minimum absolute atomic E-state index is 0.0423. The number of hydrogen-bond acceptors (Lipinski definition) is 6. The first-order valence-corrected chi connectivity index (χ1v) is 9.37. The summed E-state index contributed by atoms with van der Waals surface area (Å²) in [6.07, 6.45) is 0.673. The number of piperidine rings is 1. The first kappa shape index (κ1) is 20.4. The van der Waals surface area contributed by atoms with Crippen molar-refractivity contribution in [2.75, 3.05) is 26.7 Å². The summed E-state index contributed by atoms with van der Waals surface area (Å²) in [6, 6.07) is 0. The third-order valence-corrected chi connectivity index (χ3v) is 5.60. The number of aryl methyl sites for hydroxylation is 1. The smallest absolute Gasteiger partial charge is 0.356 e. The number of hydrogen-bond donors (Lipinski definition) is 2. The molecule has 1 fully saturated rings. The van der Waals surface area contributed by atoms with E-state index in [4.69, 9.17) is 4.52 Å². The zero-order valence-electron chi connectivity index (χ0n) is 14.4. The Morgan fingerprint density at radius 2 is 2.00 bits per heavy atom. The second-order valence-corrected chi connectivity index (χ2v) is 7.76. The van der Waals surface area contributed by atoms with Crippen molar-refractivity contribution in [3.8, 4) is 0 Å². The maximum absolute atomic E-state index is 12.6. The van der Waals surface area contributed by atoms with E-state index >= 15 is 0 Å². The molecule has 148 valence electrons. The number of alkyl halides is 3. The van der Waals surface area contributed by atoms with Crippen molar-refractivity contribution in [3.63, 3.8) is 0 Å². The third-order valence-electron chi connectivity index (χ3n) is 3.97. The summed E-state index contributed by atoms with van der Waals surface area (Å²) >= 11 is 0. The van der Waals surface area contributed by atoms with Gasteiger partial charge in [-0.2, -0.15) is 22.5 Å². The predicted octanol–water partition coefficient (Wildman–Crippen LogP) is 0.605. The Hall–Kier alpha value is -1.89. The lowest BCUT2D eigenvalue weighted by atomic mass is 9.98. The summed E-state index contributed by atoms with van der Waals surface area (Å²) in [5, 5.41) is 9.79. The lowest BCUT2D eigenvalue weighted by Crippen LogP contribution is -2.47. The van der Waals surface area contributed by atoms with Gasteiger partial charge in [-0.1, -0.05) is 5.16 Å². The van der Waals surface area contributed by atoms with Gasteiger partial charge in [0.15, 0.2) is 11.8 Å². The van der Waals surface area contributed by atoms with Crippen LogP contribution in [0.15, 0.2) is 9.52 Å². The highest BCUT2D eigenvalue weighted by atomic mass is 32.2. The van der Waals surface area contributed by atoms with Crippen LogP contribution in [0.3, 0.4) is 0 Å². The Labute approximate surface area is 149 Å². The molecule has 13 heteroatoms. The summed E-state index contributed by atoms with van der Waals surface area (Å²) in [5.74, 6) is 1.44. The van der Waals surface area contributed by atoms with Crippen molar-refractivity contribution in [1.29, 1.82) is 0 Å². The summed E-state index contributed by atoms with van der Waals surface area (Å²) < 4.78 is 65.8. The van der Waals surface area contributed by atoms with Gasteiger partial charge in [-0.15, -0.1) is 0 Å². The van der Waals surface area contributed by atoms with Gasteiger partial charge < -0.3 is 15.2 Å². The summed E-state index contributed by atoms with van der Waals surface area (Å²) in [6.45, 7) is 2.14. The van der Waals surface area contributed by atoms with Crippen LogP contribution in [0.5, 0.6) is 0 Å². The SMILES string of the molecule is CN=C(NCc1noc(C)n1)NCC1CCN(S(=O)(=O)C(F)(F)F)CC1. The first-order chi connectivity index (χ1) is 12.1. The lowest BCUT2D eigenvalue weighted by Gasteiger charge is -2.31. The average molecular weight is 398 g/mol. The molecule has 1 aromatic rings. The number of rotatable bonds is 5. The van der Waals surface area contributed by atoms with Crippen molar-refractivity contribution in [3.05, 3.63) is 11.7 Å². The number of sulfonamides is 1. The van der Waals surface area contributed by atoms with Crippen LogP contribution in [0.4, 0.5) is 13.2 Å². The quantitative estimate of drug-likeness (QED) is 0.552. The monoisotopic (exact) mass is 398 g/mol. The zero-order valence-corrected chi connectivity index (χ0v) is 15.2. The molecule has 0 spiro atoms. The van der Waals surface area contributed by atoms with Crippen LogP contribution in [0.25, 0.3) is 0 Å². The van der Waals surface area contributed by atoms with Crippen LogP contribution < -0.4 is 10.6 Å². The largest absolute Gasteiger partial charge is 0.511 e. The Bertz CT molecular complexity index is 726. The summed E-state index contributed by atoms with van der Waals surface area (Å²) in [4.78, 5) is 8.07. The molecule has 26 heavy (non-hydrogen) atoms. The molecule has 2 rings (SSSR count). The van der Waals surface area contributed by atoms with Gasteiger partial charge in [0.2, 0.25) is 5.89 Å². The maximum atomic E-state index is 12.6. The fourth-order valence-corrected chi connectivity index (χ4v) is 3.52. The number of aliphatic imine (C=N–C) groups is 1. The van der Waals surface area contributed by atoms with Gasteiger partial charge in [-0.25, -0.2) is 8.42 Å². The molecule has 1 aliphatic rings. The molecule has 0 aromatic carbocycles. The molecule has 0 aliphatic carbocycles. The van der Waals surface area contributed by atoms with Gasteiger partial charge in [0, 0.05) is 33.6 Å². The number of halogens is 3. The molecule has 0 atom stereocenters. The van der Waals surface area contributed by atoms with Crippen molar-refractivity contribution in [2.45, 2.75) is 31.8 Å². The number of guanidine groups is 1. The summed E-state index contributed by atoms with van der Waals surface area (Å²) in [5.41, 5.74) is -5.25. The lowest BCUT2D eigenvalue weighted by molar-refractivity contribution is -0.0496. The van der Waals surface area contributed by atoms with Crippen LogP contribution in [-0.2, 0) is 16.6 Å². The second-order valence-electron chi connectivity index (χ2n) is 5.83. The van der Waals surface area contributed by atoms with E-state index in [1.54, 1.807) is 14.0 Å². The maximum Gasteiger partial charge on any atom is 0.511 e. The van der Waals surface area contributed by atoms with Gasteiger partial charge in [-0.05, 0) is 18.8 Å². The van der Waals surface area contributed by atoms with E-state index < -0.39 is 15.5 Å². The normalized spacial score (nSPS) is 18.1. The average Bonchev–Trinajstić information content (AvgIpc) is 3.00. The molecule has 0 bridgehead atoms. The van der Waals surface area contributed by atoms with Gasteiger partial charge >= 0.3 is 15.5 Å². The topological polar surface area (TPSA) is 113 Å². The molecule has 0 unspecified atom stereocenters. The highest BCUT2D eigenvalue weighted by Gasteiger charge is 2.50. The number of nitrogens with zero attached hydrogens (tertiary/aromatic N) is 4. The number of aromatic nitrogens is 2. The molecular formula is C13H21F3N6O3S. The van der Waals surface area contributed by atoms with Crippen molar-refractivity contribution in [2.24, 2.45) is 10.9 Å². The van der Waals surface area contributed by atoms with Crippen molar-refractivity contribution < 1.29 is 26.1 Å². The Morgan fingerprint density at radius 1 is 1.35 bits per heavy atom. The molecule has 1 saturated heterocycles. The number of nitrogens with one attached hydrogen (secondary N) is 2. The van der Waals surface area contributed by atoms with Crippen LogP contribution in [0.2, 0.25) is 0 Å². The van der Waals surface area contributed by atoms with Crippen LogP contribution >= 0.6 is 0 Å². The van der Waals surface area contributed by atoms with E-state index in [9.17, 15) is 21.6 Å². The van der Waals surface area contributed by atoms with Gasteiger partial charge in [0.1, 0.15) is 0 Å². The molecule has 9 nitrogen and oxygen atoms in total. The van der Waals surface area contributed by atoms with E-state index in [-0.39, 0.29) is 19.0 Å².